The van der Waals surface area contributed by atoms with Crippen molar-refractivity contribution in [2.75, 3.05) is 13.2 Å². The third kappa shape index (κ3) is 6.53. The minimum atomic E-state index is -4.07. The number of hydrogen-bond acceptors (Lipinski definition) is 8. The van der Waals surface area contributed by atoms with Gasteiger partial charge < -0.3 is 25.4 Å². The summed E-state index contributed by atoms with van der Waals surface area (Å²) in [4.78, 5) is 19.8. The molecule has 46 heavy (non-hydrogen) atoms. The molecule has 12 heteroatoms. The Kier molecular flexibility index (Phi) is 9.03. The first-order valence-electron chi connectivity index (χ1n) is 15.1. The molecular formula is C34H39N4O7S-. The van der Waals surface area contributed by atoms with Crippen LogP contribution in [-0.2, 0) is 26.0 Å². The number of rotatable bonds is 10. The van der Waals surface area contributed by atoms with Gasteiger partial charge in [-0.05, 0) is 86.4 Å². The van der Waals surface area contributed by atoms with E-state index in [-0.39, 0.29) is 42.8 Å². The number of sulfonamides is 1. The molecule has 11 nitrogen and oxygen atoms in total. The predicted molar refractivity (Wildman–Crippen MR) is 174 cm³/mol. The van der Waals surface area contributed by atoms with Crippen LogP contribution < -0.4 is 20.3 Å². The lowest BCUT2D eigenvalue weighted by Crippen LogP contribution is -2.37. The van der Waals surface area contributed by atoms with Gasteiger partial charge in [0.25, 0.3) is 10.0 Å². The van der Waals surface area contributed by atoms with Crippen molar-refractivity contribution in [1.29, 1.82) is 0 Å². The van der Waals surface area contributed by atoms with E-state index in [2.05, 4.69) is 14.7 Å². The summed E-state index contributed by atoms with van der Waals surface area (Å²) in [6.07, 6.45) is -0.231. The Morgan fingerprint density at radius 3 is 2.30 bits per heavy atom. The SMILES string of the molecule is Cc1c(C)c(S(=O)(=O)NC(N)=NCCC[C@@H](N=C([O-])OCC2c3ccccc3-c3ccccc32)C(=O)O)c(C)c2c1OC(C)(C)C2. The number of nitrogens with zero attached hydrogens (tertiary/aromatic N) is 2. The van der Waals surface area contributed by atoms with Gasteiger partial charge in [0.15, 0.2) is 0 Å². The molecule has 0 amide bonds. The van der Waals surface area contributed by atoms with Crippen LogP contribution >= 0.6 is 0 Å². The Morgan fingerprint density at radius 1 is 1.09 bits per heavy atom. The second-order valence-electron chi connectivity index (χ2n) is 12.4. The molecule has 3 aromatic carbocycles. The van der Waals surface area contributed by atoms with Crippen molar-refractivity contribution in [2.24, 2.45) is 15.7 Å². The fourth-order valence-corrected chi connectivity index (χ4v) is 7.88. The molecule has 0 spiro atoms. The molecule has 4 N–H and O–H groups in total. The number of guanidine groups is 1. The molecule has 0 saturated carbocycles. The number of carbonyl (C=O) groups is 1. The van der Waals surface area contributed by atoms with Gasteiger partial charge in [0.05, 0.1) is 4.90 Å². The lowest BCUT2D eigenvalue weighted by atomic mass is 9.94. The van der Waals surface area contributed by atoms with Crippen LogP contribution in [0.2, 0.25) is 0 Å². The maximum Gasteiger partial charge on any atom is 0.328 e. The summed E-state index contributed by atoms with van der Waals surface area (Å²) in [5.41, 5.74) is 12.5. The highest BCUT2D eigenvalue weighted by molar-refractivity contribution is 7.90. The van der Waals surface area contributed by atoms with Gasteiger partial charge in [-0.3, -0.25) is 9.98 Å². The molecule has 1 atom stereocenters. The topological polar surface area (TPSA) is 176 Å². The summed E-state index contributed by atoms with van der Waals surface area (Å²) in [6, 6.07) is 14.4. The van der Waals surface area contributed by atoms with Crippen LogP contribution in [0, 0.1) is 20.8 Å². The summed E-state index contributed by atoms with van der Waals surface area (Å²) in [6.45, 7) is 9.27. The number of aliphatic imine (C=N–C) groups is 2. The zero-order chi connectivity index (χ0) is 33.4. The molecule has 1 aliphatic carbocycles. The Hall–Kier alpha value is -4.58. The van der Waals surface area contributed by atoms with E-state index in [9.17, 15) is 23.4 Å². The highest BCUT2D eigenvalue weighted by Crippen LogP contribution is 2.45. The summed E-state index contributed by atoms with van der Waals surface area (Å²) in [5, 5.41) is 22.2. The van der Waals surface area contributed by atoms with Gasteiger partial charge in [-0.1, -0.05) is 48.5 Å². The first kappa shape index (κ1) is 32.8. The molecule has 0 bridgehead atoms. The van der Waals surface area contributed by atoms with E-state index in [0.717, 1.165) is 39.1 Å². The number of nitrogens with two attached hydrogens (primary N) is 1. The van der Waals surface area contributed by atoms with E-state index >= 15 is 0 Å². The Balaban J connectivity index is 1.19. The number of fused-ring (bicyclic) bond motifs is 4. The minimum absolute atomic E-state index is 0.0154. The second kappa shape index (κ2) is 12.7. The molecule has 1 heterocycles. The highest BCUT2D eigenvalue weighted by atomic mass is 32.2. The second-order valence-corrected chi connectivity index (χ2v) is 14.0. The number of ether oxygens (including phenoxy) is 2. The molecule has 0 radical (unpaired) electrons. The lowest BCUT2D eigenvalue weighted by Gasteiger charge is -2.22. The van der Waals surface area contributed by atoms with Crippen LogP contribution in [0.4, 0.5) is 0 Å². The van der Waals surface area contributed by atoms with Crippen LogP contribution in [0.1, 0.15) is 66.0 Å². The molecule has 0 unspecified atom stereocenters. The Labute approximate surface area is 269 Å². The van der Waals surface area contributed by atoms with Gasteiger partial charge in [-0.25, -0.2) is 17.9 Å². The number of carboxylic acid groups (broad SMARTS) is 1. The normalized spacial score (nSPS) is 16.3. The van der Waals surface area contributed by atoms with Crippen LogP contribution in [0.5, 0.6) is 5.75 Å². The van der Waals surface area contributed by atoms with Gasteiger partial charge in [0, 0.05) is 31.1 Å². The van der Waals surface area contributed by atoms with Crippen molar-refractivity contribution in [2.45, 2.75) is 76.3 Å². The molecule has 5 rings (SSSR count). The van der Waals surface area contributed by atoms with Crippen molar-refractivity contribution in [1.82, 2.24) is 4.72 Å². The maximum absolute atomic E-state index is 13.4. The van der Waals surface area contributed by atoms with Crippen molar-refractivity contribution in [3.05, 3.63) is 81.9 Å². The van der Waals surface area contributed by atoms with E-state index < -0.39 is 33.7 Å². The van der Waals surface area contributed by atoms with E-state index in [4.69, 9.17) is 15.2 Å². The smallest absolute Gasteiger partial charge is 0.328 e. The summed E-state index contributed by atoms with van der Waals surface area (Å²) in [7, 11) is -4.07. The van der Waals surface area contributed by atoms with E-state index in [0.29, 0.717) is 17.5 Å². The predicted octanol–water partition coefficient (Wildman–Crippen LogP) is 3.70. The summed E-state index contributed by atoms with van der Waals surface area (Å²) >= 11 is 0. The molecule has 0 fully saturated rings. The van der Waals surface area contributed by atoms with Crippen molar-refractivity contribution >= 4 is 28.0 Å². The molecule has 244 valence electrons. The van der Waals surface area contributed by atoms with Gasteiger partial charge in [-0.2, -0.15) is 0 Å². The van der Waals surface area contributed by atoms with E-state index in [1.165, 1.54) is 0 Å². The number of carboxylic acids is 1. The number of benzene rings is 3. The standard InChI is InChI=1S/C34H40N4O7S/c1-19-20(2)30(21(3)26-17-34(4,5)45-29(19)26)46(42,43)38-32(35)36-16-10-15-28(31(39)40)37-33(41)44-18-27-24-13-8-6-11-22(24)23-12-7-9-14-25(23)27/h6-9,11-14,27-28H,10,15-18H2,1-5H3,(H,37,41)(H,39,40)(H3,35,36,38)/p-1/t28-/m1/s1. The zero-order valence-electron chi connectivity index (χ0n) is 26.6. The van der Waals surface area contributed by atoms with E-state index in [1.807, 2.05) is 69.3 Å². The average molecular weight is 648 g/mol. The van der Waals surface area contributed by atoms with Gasteiger partial charge >= 0.3 is 5.97 Å². The third-order valence-corrected chi connectivity index (χ3v) is 10.2. The third-order valence-electron chi connectivity index (χ3n) is 8.60. The summed E-state index contributed by atoms with van der Waals surface area (Å²) in [5.74, 6) is -1.06. The van der Waals surface area contributed by atoms with Crippen molar-refractivity contribution < 1.29 is 32.9 Å². The number of hydrogen-bond donors (Lipinski definition) is 3. The van der Waals surface area contributed by atoms with E-state index in [1.54, 1.807) is 13.8 Å². The van der Waals surface area contributed by atoms with Crippen LogP contribution in [-0.4, -0.2) is 56.3 Å². The molecule has 1 aliphatic heterocycles. The number of nitrogens with one attached hydrogen (secondary N) is 1. The Morgan fingerprint density at radius 2 is 1.70 bits per heavy atom. The molecular weight excluding hydrogens is 608 g/mol. The van der Waals surface area contributed by atoms with Crippen LogP contribution in [0.15, 0.2) is 63.4 Å². The first-order chi connectivity index (χ1) is 21.7. The minimum Gasteiger partial charge on any atom is -0.599 e. The highest BCUT2D eigenvalue weighted by Gasteiger charge is 2.36. The van der Waals surface area contributed by atoms with Crippen molar-refractivity contribution in [3.63, 3.8) is 0 Å². The van der Waals surface area contributed by atoms with Crippen LogP contribution in [0.25, 0.3) is 11.1 Å². The maximum atomic E-state index is 13.4. The van der Waals surface area contributed by atoms with Crippen LogP contribution in [0.3, 0.4) is 0 Å². The molecule has 2 aliphatic rings. The lowest BCUT2D eigenvalue weighted by molar-refractivity contribution is -0.251. The van der Waals surface area contributed by atoms with Gasteiger partial charge in [0.2, 0.25) is 5.96 Å². The fourth-order valence-electron chi connectivity index (χ4n) is 6.35. The monoisotopic (exact) mass is 647 g/mol. The average Bonchev–Trinajstić information content (AvgIpc) is 3.50. The van der Waals surface area contributed by atoms with Crippen molar-refractivity contribution in [3.8, 4) is 16.9 Å². The molecule has 3 aromatic rings. The first-order valence-corrected chi connectivity index (χ1v) is 16.6. The van der Waals surface area contributed by atoms with Gasteiger partial charge in [-0.15, -0.1) is 0 Å². The number of aliphatic carboxylic acids is 1. The van der Waals surface area contributed by atoms with Gasteiger partial charge in [0.1, 0.15) is 23.5 Å². The largest absolute Gasteiger partial charge is 0.599 e. The molecule has 0 saturated heterocycles. The Bertz CT molecular complexity index is 1800. The summed E-state index contributed by atoms with van der Waals surface area (Å²) < 4.78 is 40.6. The fraction of sp³-hybridized carbons (Fsp3) is 0.382. The quantitative estimate of drug-likeness (QED) is 0.170. The zero-order valence-corrected chi connectivity index (χ0v) is 27.4. The molecule has 0 aromatic heterocycles.